The molecule has 2 rings (SSSR count). The van der Waals surface area contributed by atoms with Crippen molar-refractivity contribution in [3.63, 3.8) is 0 Å². The lowest BCUT2D eigenvalue weighted by Gasteiger charge is -2.26. The molecule has 2 atom stereocenters. The van der Waals surface area contributed by atoms with Crippen molar-refractivity contribution < 1.29 is 4.74 Å². The van der Waals surface area contributed by atoms with E-state index in [4.69, 9.17) is 10.5 Å². The molecule has 21 heavy (non-hydrogen) atoms. The topological polar surface area (TPSA) is 35.2 Å². The van der Waals surface area contributed by atoms with Gasteiger partial charge in [0.2, 0.25) is 0 Å². The largest absolute Gasteiger partial charge is 0.488 e. The molecule has 0 bridgehead atoms. The summed E-state index contributed by atoms with van der Waals surface area (Å²) in [5, 5.41) is 0. The van der Waals surface area contributed by atoms with E-state index in [0.29, 0.717) is 0 Å². The van der Waals surface area contributed by atoms with Gasteiger partial charge in [0, 0.05) is 0 Å². The van der Waals surface area contributed by atoms with Crippen LogP contribution in [0, 0.1) is 20.8 Å². The van der Waals surface area contributed by atoms with Gasteiger partial charge in [0.25, 0.3) is 0 Å². The molecule has 0 fully saturated rings. The highest BCUT2D eigenvalue weighted by molar-refractivity contribution is 5.42. The highest BCUT2D eigenvalue weighted by Gasteiger charge is 2.20. The van der Waals surface area contributed by atoms with Crippen LogP contribution >= 0.6 is 0 Å². The number of benzene rings is 2. The monoisotopic (exact) mass is 283 g/mol. The first-order chi connectivity index (χ1) is 10.0. The molecule has 0 radical (unpaired) electrons. The Morgan fingerprint density at radius 1 is 1.05 bits per heavy atom. The fourth-order valence-corrected chi connectivity index (χ4v) is 2.59. The molecule has 0 spiro atoms. The number of rotatable bonds is 5. The Labute approximate surface area is 127 Å². The van der Waals surface area contributed by atoms with Gasteiger partial charge in [0.1, 0.15) is 11.9 Å². The van der Waals surface area contributed by atoms with Gasteiger partial charge < -0.3 is 10.5 Å². The van der Waals surface area contributed by atoms with Crippen LogP contribution in [0.2, 0.25) is 0 Å². The van der Waals surface area contributed by atoms with Gasteiger partial charge in [-0.3, -0.25) is 0 Å². The number of nitrogens with two attached hydrogens (primary N) is 1. The van der Waals surface area contributed by atoms with E-state index in [-0.39, 0.29) is 12.1 Å². The van der Waals surface area contributed by atoms with Crippen LogP contribution in [-0.2, 0) is 0 Å². The summed E-state index contributed by atoms with van der Waals surface area (Å²) >= 11 is 0. The average molecular weight is 283 g/mol. The highest BCUT2D eigenvalue weighted by atomic mass is 16.5. The summed E-state index contributed by atoms with van der Waals surface area (Å²) < 4.78 is 6.25. The predicted molar refractivity (Wildman–Crippen MR) is 88.7 cm³/mol. The van der Waals surface area contributed by atoms with Gasteiger partial charge in [0.05, 0.1) is 6.04 Å². The smallest absolute Gasteiger partial charge is 0.123 e. The third-order valence-electron chi connectivity index (χ3n) is 4.03. The minimum absolute atomic E-state index is 0.0210. The van der Waals surface area contributed by atoms with Gasteiger partial charge in [-0.1, -0.05) is 43.3 Å². The summed E-state index contributed by atoms with van der Waals surface area (Å²) in [7, 11) is 0. The first-order valence-electron chi connectivity index (χ1n) is 7.58. The third kappa shape index (κ3) is 3.64. The molecular formula is C19H25NO. The summed E-state index contributed by atoms with van der Waals surface area (Å²) in [5.41, 5.74) is 11.2. The van der Waals surface area contributed by atoms with Crippen LogP contribution in [0.1, 0.15) is 41.6 Å². The minimum Gasteiger partial charge on any atom is -0.488 e. The molecule has 0 aromatic heterocycles. The molecule has 0 amide bonds. The van der Waals surface area contributed by atoms with Gasteiger partial charge in [0.15, 0.2) is 0 Å². The number of ether oxygens (including phenoxy) is 1. The maximum Gasteiger partial charge on any atom is 0.123 e. The lowest BCUT2D eigenvalue weighted by Crippen LogP contribution is -2.31. The van der Waals surface area contributed by atoms with E-state index in [1.54, 1.807) is 0 Å². The standard InChI is InChI=1S/C19H25NO/c1-5-17(19(20)16-9-7-6-8-10-16)21-18-12-13(2)11-14(3)15(18)4/h6-12,17,19H,5,20H2,1-4H3. The van der Waals surface area contributed by atoms with Crippen molar-refractivity contribution in [1.82, 2.24) is 0 Å². The second kappa shape index (κ2) is 6.77. The summed E-state index contributed by atoms with van der Waals surface area (Å²) in [6.45, 7) is 8.43. The molecule has 0 aliphatic carbocycles. The number of aryl methyl sites for hydroxylation is 2. The van der Waals surface area contributed by atoms with Crippen LogP contribution in [0.15, 0.2) is 42.5 Å². The van der Waals surface area contributed by atoms with Crippen molar-refractivity contribution in [1.29, 1.82) is 0 Å². The molecule has 0 heterocycles. The first-order valence-corrected chi connectivity index (χ1v) is 7.58. The molecule has 2 N–H and O–H groups in total. The molecule has 2 aromatic carbocycles. The molecular weight excluding hydrogens is 258 g/mol. The van der Waals surface area contributed by atoms with Crippen LogP contribution < -0.4 is 10.5 Å². The zero-order valence-corrected chi connectivity index (χ0v) is 13.4. The van der Waals surface area contributed by atoms with E-state index in [9.17, 15) is 0 Å². The van der Waals surface area contributed by atoms with Crippen molar-refractivity contribution in [2.75, 3.05) is 0 Å². The average Bonchev–Trinajstić information content (AvgIpc) is 2.49. The number of hydrogen-bond acceptors (Lipinski definition) is 2. The Morgan fingerprint density at radius 2 is 1.71 bits per heavy atom. The van der Waals surface area contributed by atoms with Crippen molar-refractivity contribution >= 4 is 0 Å². The molecule has 2 heteroatoms. The van der Waals surface area contributed by atoms with E-state index in [1.807, 2.05) is 18.2 Å². The van der Waals surface area contributed by atoms with E-state index in [2.05, 4.69) is 52.0 Å². The molecule has 0 aliphatic heterocycles. The maximum atomic E-state index is 6.40. The summed E-state index contributed by atoms with van der Waals surface area (Å²) in [5.74, 6) is 0.950. The van der Waals surface area contributed by atoms with Gasteiger partial charge in [-0.15, -0.1) is 0 Å². The van der Waals surface area contributed by atoms with Crippen molar-refractivity contribution in [3.05, 3.63) is 64.7 Å². The predicted octanol–water partition coefficient (Wildman–Crippen LogP) is 4.47. The molecule has 2 nitrogen and oxygen atoms in total. The van der Waals surface area contributed by atoms with Gasteiger partial charge >= 0.3 is 0 Å². The van der Waals surface area contributed by atoms with Crippen molar-refractivity contribution in [2.24, 2.45) is 5.73 Å². The molecule has 0 aliphatic rings. The first kappa shape index (κ1) is 15.6. The fourth-order valence-electron chi connectivity index (χ4n) is 2.59. The minimum atomic E-state index is -0.114. The van der Waals surface area contributed by atoms with Crippen LogP contribution in [0.4, 0.5) is 0 Å². The molecule has 2 unspecified atom stereocenters. The van der Waals surface area contributed by atoms with E-state index in [0.717, 1.165) is 17.7 Å². The van der Waals surface area contributed by atoms with Crippen molar-refractivity contribution in [2.45, 2.75) is 46.3 Å². The molecule has 2 aromatic rings. The second-order valence-corrected chi connectivity index (χ2v) is 5.71. The Bertz CT molecular complexity index is 592. The Hall–Kier alpha value is -1.80. The van der Waals surface area contributed by atoms with Crippen LogP contribution in [0.25, 0.3) is 0 Å². The second-order valence-electron chi connectivity index (χ2n) is 5.71. The Morgan fingerprint density at radius 3 is 2.33 bits per heavy atom. The molecule has 112 valence electrons. The summed E-state index contributed by atoms with van der Waals surface area (Å²) in [4.78, 5) is 0. The van der Waals surface area contributed by atoms with Crippen LogP contribution in [-0.4, -0.2) is 6.10 Å². The Balaban J connectivity index is 2.24. The molecule has 0 saturated carbocycles. The van der Waals surface area contributed by atoms with E-state index >= 15 is 0 Å². The SMILES string of the molecule is CCC(Oc1cc(C)cc(C)c1C)C(N)c1ccccc1. The quantitative estimate of drug-likeness (QED) is 0.878. The van der Waals surface area contributed by atoms with Gasteiger partial charge in [-0.25, -0.2) is 0 Å². The number of hydrogen-bond donors (Lipinski definition) is 1. The Kier molecular flexibility index (Phi) is 5.03. The van der Waals surface area contributed by atoms with Crippen molar-refractivity contribution in [3.8, 4) is 5.75 Å². The van der Waals surface area contributed by atoms with Gasteiger partial charge in [-0.05, 0) is 55.5 Å². The van der Waals surface area contributed by atoms with Crippen LogP contribution in [0.3, 0.4) is 0 Å². The third-order valence-corrected chi connectivity index (χ3v) is 4.03. The normalized spacial score (nSPS) is 13.8. The zero-order chi connectivity index (χ0) is 15.4. The van der Waals surface area contributed by atoms with E-state index in [1.165, 1.54) is 16.7 Å². The van der Waals surface area contributed by atoms with E-state index < -0.39 is 0 Å². The zero-order valence-electron chi connectivity index (χ0n) is 13.4. The van der Waals surface area contributed by atoms with Gasteiger partial charge in [-0.2, -0.15) is 0 Å². The lowest BCUT2D eigenvalue weighted by atomic mass is 10.00. The fraction of sp³-hybridized carbons (Fsp3) is 0.368. The molecule has 0 saturated heterocycles. The lowest BCUT2D eigenvalue weighted by molar-refractivity contribution is 0.165. The van der Waals surface area contributed by atoms with Crippen LogP contribution in [0.5, 0.6) is 5.75 Å². The highest BCUT2D eigenvalue weighted by Crippen LogP contribution is 2.28. The maximum absolute atomic E-state index is 6.40. The summed E-state index contributed by atoms with van der Waals surface area (Å²) in [6.07, 6.45) is 0.856. The summed E-state index contributed by atoms with van der Waals surface area (Å²) in [6, 6.07) is 14.3.